The lowest BCUT2D eigenvalue weighted by Crippen LogP contribution is -2.35. The Balaban J connectivity index is 1.35. The third-order valence-electron chi connectivity index (χ3n) is 6.64. The van der Waals surface area contributed by atoms with E-state index in [1.54, 1.807) is 7.11 Å². The van der Waals surface area contributed by atoms with Gasteiger partial charge < -0.3 is 9.64 Å². The molecule has 0 saturated carbocycles. The number of hydrogen-bond donors (Lipinski definition) is 1. The first kappa shape index (κ1) is 20.4. The van der Waals surface area contributed by atoms with Gasteiger partial charge in [-0.1, -0.05) is 18.2 Å². The van der Waals surface area contributed by atoms with E-state index in [9.17, 15) is 0 Å². The Morgan fingerprint density at radius 3 is 2.90 bits per heavy atom. The number of ether oxygens (including phenoxy) is 1. The van der Waals surface area contributed by atoms with Crippen LogP contribution in [0.25, 0.3) is 22.4 Å². The monoisotopic (exact) mass is 422 g/mol. The zero-order valence-corrected chi connectivity index (χ0v) is 18.3. The van der Waals surface area contributed by atoms with Gasteiger partial charge in [-0.2, -0.15) is 0 Å². The number of likely N-dealkylation sites (tertiary alicyclic amines) is 1. The van der Waals surface area contributed by atoms with E-state index in [1.807, 2.05) is 4.68 Å². The van der Waals surface area contributed by atoms with Crippen LogP contribution in [0.4, 0.5) is 0 Å². The van der Waals surface area contributed by atoms with Crippen LogP contribution in [0.2, 0.25) is 0 Å². The number of benzene rings is 1. The number of nitrogens with zero attached hydrogens (tertiary/aromatic N) is 4. The molecule has 1 N–H and O–H groups in total. The number of aromatic nitrogens is 4. The molecule has 5 rings (SSSR count). The number of aromatic amines is 1. The van der Waals surface area contributed by atoms with Crippen LogP contribution >= 0.6 is 0 Å². The lowest BCUT2D eigenvalue weighted by Gasteiger charge is -2.29. The number of allylic oxidation sites excluding steroid dienone is 2. The van der Waals surface area contributed by atoms with Crippen molar-refractivity contribution in [1.82, 2.24) is 20.1 Å². The molecule has 3 heterocycles. The molecule has 1 saturated heterocycles. The van der Waals surface area contributed by atoms with Crippen molar-refractivity contribution in [1.29, 1.82) is 0 Å². The summed E-state index contributed by atoms with van der Waals surface area (Å²) in [6, 6.07) is 8.45. The van der Waals surface area contributed by atoms with Gasteiger partial charge in [0.25, 0.3) is 0 Å². The summed E-state index contributed by atoms with van der Waals surface area (Å²) in [5, 5.41) is 9.13. The number of fused-ring (bicyclic) bond motifs is 1. The van der Waals surface area contributed by atoms with Crippen molar-refractivity contribution < 1.29 is 13.9 Å². The Labute approximate surface area is 183 Å². The quantitative estimate of drug-likeness (QED) is 0.460. The Hall–Kier alpha value is -2.51. The molecule has 0 spiro atoms. The summed E-state index contributed by atoms with van der Waals surface area (Å²) < 4.78 is 12.9. The van der Waals surface area contributed by atoms with E-state index in [1.165, 1.54) is 29.5 Å². The summed E-state index contributed by atoms with van der Waals surface area (Å²) in [7, 11) is 1.76. The lowest BCUT2D eigenvalue weighted by atomic mass is 9.96. The molecule has 3 aromatic rings. The van der Waals surface area contributed by atoms with Gasteiger partial charge in [0, 0.05) is 25.6 Å². The second-order valence-electron chi connectivity index (χ2n) is 8.71. The van der Waals surface area contributed by atoms with E-state index < -0.39 is 0 Å². The van der Waals surface area contributed by atoms with E-state index in [4.69, 9.17) is 14.2 Å². The van der Waals surface area contributed by atoms with Crippen LogP contribution in [-0.4, -0.2) is 53.5 Å². The van der Waals surface area contributed by atoms with Crippen LogP contribution in [0, 0.1) is 0 Å². The maximum absolute atomic E-state index is 5.74. The molecular weight excluding hydrogens is 390 g/mol. The van der Waals surface area contributed by atoms with Crippen molar-refractivity contribution in [3.63, 3.8) is 0 Å². The van der Waals surface area contributed by atoms with Gasteiger partial charge in [0.15, 0.2) is 0 Å². The second kappa shape index (κ2) is 9.32. The normalized spacial score (nSPS) is 18.5. The number of methoxy groups -OCH3 is 1. The molecule has 31 heavy (non-hydrogen) atoms. The zero-order valence-electron chi connectivity index (χ0n) is 18.3. The largest absolute Gasteiger partial charge is 0.497 e. The molecule has 164 valence electrons. The third kappa shape index (κ3) is 4.29. The van der Waals surface area contributed by atoms with Gasteiger partial charge in [-0.25, -0.2) is 5.10 Å². The van der Waals surface area contributed by atoms with E-state index in [2.05, 4.69) is 45.5 Å². The number of rotatable bonds is 7. The number of hydrogen-bond acceptors (Lipinski definition) is 5. The Morgan fingerprint density at radius 1 is 1.23 bits per heavy atom. The van der Waals surface area contributed by atoms with Crippen LogP contribution in [0.5, 0.6) is 0 Å². The molecule has 1 aliphatic heterocycles. The lowest BCUT2D eigenvalue weighted by molar-refractivity contribution is -0.638. The summed E-state index contributed by atoms with van der Waals surface area (Å²) in [5.41, 5.74) is 3.67. The number of nitrogens with one attached hydrogen (secondary N) is 1. The molecule has 0 unspecified atom stereocenters. The molecule has 1 aliphatic carbocycles. The Morgan fingerprint density at radius 2 is 2.10 bits per heavy atom. The van der Waals surface area contributed by atoms with Crippen molar-refractivity contribution in [2.24, 2.45) is 0 Å². The maximum Gasteiger partial charge on any atom is 0.497 e. The smallest absolute Gasteiger partial charge is 0.385 e. The molecule has 2 aromatic heterocycles. The topological polar surface area (TPSA) is 71.1 Å². The highest BCUT2D eigenvalue weighted by molar-refractivity contribution is 5.88. The molecular formula is C24H32N5O2+. The van der Waals surface area contributed by atoms with Crippen LogP contribution in [0.15, 0.2) is 34.9 Å². The zero-order chi connectivity index (χ0) is 21.0. The van der Waals surface area contributed by atoms with E-state index >= 15 is 0 Å². The minimum Gasteiger partial charge on any atom is -0.385 e. The van der Waals surface area contributed by atoms with E-state index in [0.29, 0.717) is 11.9 Å². The average molecular weight is 423 g/mol. The van der Waals surface area contributed by atoms with Crippen LogP contribution < -0.4 is 4.68 Å². The molecule has 0 bridgehead atoms. The summed E-state index contributed by atoms with van der Waals surface area (Å²) in [5.74, 6) is 1.69. The first-order valence-corrected chi connectivity index (χ1v) is 11.6. The van der Waals surface area contributed by atoms with E-state index in [0.717, 1.165) is 69.8 Å². The third-order valence-corrected chi connectivity index (χ3v) is 6.64. The summed E-state index contributed by atoms with van der Waals surface area (Å²) in [6.45, 7) is 4.07. The fraction of sp³-hybridized carbons (Fsp3) is 0.542. The number of para-hydroxylation sites is 1. The van der Waals surface area contributed by atoms with Gasteiger partial charge in [0.05, 0.1) is 11.6 Å². The number of piperidine rings is 1. The Bertz CT molecular complexity index is 1050. The van der Waals surface area contributed by atoms with Crippen LogP contribution in [-0.2, 0) is 4.74 Å². The highest BCUT2D eigenvalue weighted by atomic mass is 16.5. The summed E-state index contributed by atoms with van der Waals surface area (Å²) in [4.78, 5) is 7.31. The Kier molecular flexibility index (Phi) is 6.13. The van der Waals surface area contributed by atoms with Gasteiger partial charge in [-0.05, 0) is 80.7 Å². The minimum absolute atomic E-state index is 0.335. The summed E-state index contributed by atoms with van der Waals surface area (Å²) >= 11 is 0. The molecule has 0 radical (unpaired) electrons. The number of H-pyrrole nitrogens is 1. The van der Waals surface area contributed by atoms with Crippen molar-refractivity contribution in [2.75, 3.05) is 33.4 Å². The van der Waals surface area contributed by atoms with Crippen molar-refractivity contribution in [3.8, 4) is 5.95 Å². The van der Waals surface area contributed by atoms with Crippen LogP contribution in [0.1, 0.15) is 62.4 Å². The van der Waals surface area contributed by atoms with Crippen molar-refractivity contribution in [3.05, 3.63) is 41.9 Å². The SMILES string of the molecule is COCCCN1CCC(c2nc(-[n+]3[nH]c(C4=CCCCC4)c4ccccc43)no2)CC1. The first-order chi connectivity index (χ1) is 15.3. The highest BCUT2D eigenvalue weighted by Crippen LogP contribution is 2.30. The highest BCUT2D eigenvalue weighted by Gasteiger charge is 2.31. The maximum atomic E-state index is 5.74. The molecule has 1 fully saturated rings. The van der Waals surface area contributed by atoms with Gasteiger partial charge >= 0.3 is 11.8 Å². The fourth-order valence-electron chi connectivity index (χ4n) is 4.90. The molecule has 2 aliphatic rings. The predicted octanol–water partition coefficient (Wildman–Crippen LogP) is 4.00. The molecule has 7 heteroatoms. The van der Waals surface area contributed by atoms with Gasteiger partial charge in [0.1, 0.15) is 10.7 Å². The standard InChI is InChI=1S/C24H31N5O2/c1-30-17-7-14-28-15-12-19(13-16-28)23-25-24(27-31-23)29-21-11-6-5-10-20(21)22(26-29)18-8-3-2-4-9-18/h5-6,8,10-11,19H,2-4,7,9,12-17H2,1H3/p+1. The van der Waals surface area contributed by atoms with E-state index in [-0.39, 0.29) is 0 Å². The molecule has 1 aromatic carbocycles. The van der Waals surface area contributed by atoms with Gasteiger partial charge in [-0.15, -0.1) is 4.68 Å². The van der Waals surface area contributed by atoms with Gasteiger partial charge in [0.2, 0.25) is 0 Å². The molecule has 0 atom stereocenters. The second-order valence-corrected chi connectivity index (χ2v) is 8.71. The van der Waals surface area contributed by atoms with Gasteiger partial charge in [-0.3, -0.25) is 4.52 Å². The summed E-state index contributed by atoms with van der Waals surface area (Å²) in [6.07, 6.45) is 10.4. The average Bonchev–Trinajstić information content (AvgIpc) is 3.46. The van der Waals surface area contributed by atoms with Crippen molar-refractivity contribution >= 4 is 16.5 Å². The molecule has 0 amide bonds. The first-order valence-electron chi connectivity index (χ1n) is 11.6. The minimum atomic E-state index is 0.335. The molecule has 7 nitrogen and oxygen atoms in total. The predicted molar refractivity (Wildman–Crippen MR) is 119 cm³/mol. The van der Waals surface area contributed by atoms with Crippen LogP contribution in [0.3, 0.4) is 0 Å². The van der Waals surface area contributed by atoms with Crippen molar-refractivity contribution in [2.45, 2.75) is 50.9 Å². The fourth-order valence-corrected chi connectivity index (χ4v) is 4.90.